The molecule has 2 aliphatic rings. The Morgan fingerprint density at radius 2 is 1.33 bits per heavy atom. The molecule has 0 unspecified atom stereocenters. The molecule has 0 spiro atoms. The Morgan fingerprint density at radius 1 is 0.767 bits per heavy atom. The van der Waals surface area contributed by atoms with Crippen LogP contribution in [0.1, 0.15) is 120 Å². The van der Waals surface area contributed by atoms with Crippen LogP contribution in [-0.2, 0) is 6.42 Å². The first kappa shape index (κ1) is 23.6. The third-order valence-electron chi connectivity index (χ3n) is 8.15. The number of hydrogen-bond acceptors (Lipinski definition) is 0. The van der Waals surface area contributed by atoms with Gasteiger partial charge in [-0.05, 0) is 86.2 Å². The van der Waals surface area contributed by atoms with E-state index in [0.717, 1.165) is 30.1 Å². The van der Waals surface area contributed by atoms with Crippen molar-refractivity contribution in [1.82, 2.24) is 0 Å². The topological polar surface area (TPSA) is 0 Å². The first-order valence-electron chi connectivity index (χ1n) is 13.1. The summed E-state index contributed by atoms with van der Waals surface area (Å²) in [7, 11) is 0. The zero-order valence-corrected chi connectivity index (χ0v) is 19.5. The number of aryl methyl sites for hydroxylation is 1. The Kier molecular flexibility index (Phi) is 10.5. The fourth-order valence-corrected chi connectivity index (χ4v) is 6.00. The van der Waals surface area contributed by atoms with Crippen LogP contribution >= 0.6 is 0 Å². The normalized spacial score (nSPS) is 27.5. The highest BCUT2D eigenvalue weighted by Crippen LogP contribution is 2.40. The Bertz CT molecular complexity index is 585. The first-order valence-corrected chi connectivity index (χ1v) is 13.1. The van der Waals surface area contributed by atoms with Gasteiger partial charge in [0, 0.05) is 0 Å². The van der Waals surface area contributed by atoms with Gasteiger partial charge in [0.15, 0.2) is 0 Å². The molecule has 0 aliphatic heterocycles. The maximum Gasteiger partial charge on any atom is 0.0827 e. The average Bonchev–Trinajstić information content (AvgIpc) is 2.80. The van der Waals surface area contributed by atoms with Crippen molar-refractivity contribution >= 4 is 0 Å². The second kappa shape index (κ2) is 13.3. The lowest BCUT2D eigenvalue weighted by Gasteiger charge is -2.32. The summed E-state index contributed by atoms with van der Waals surface area (Å²) in [5.41, 5.74) is 3.11. The molecule has 0 radical (unpaired) electrons. The molecular formula is C29H45F. The summed E-state index contributed by atoms with van der Waals surface area (Å²) in [6, 6.07) is 9.63. The third-order valence-corrected chi connectivity index (χ3v) is 8.15. The number of halogens is 1. The van der Waals surface area contributed by atoms with E-state index in [-0.39, 0.29) is 0 Å². The van der Waals surface area contributed by atoms with Crippen LogP contribution in [0.4, 0.5) is 4.39 Å². The molecular weight excluding hydrogens is 367 g/mol. The van der Waals surface area contributed by atoms with Gasteiger partial charge in [-0.1, -0.05) is 88.6 Å². The minimum Gasteiger partial charge on any atom is -0.216 e. The van der Waals surface area contributed by atoms with E-state index in [1.54, 1.807) is 11.6 Å². The van der Waals surface area contributed by atoms with Gasteiger partial charge in [0.2, 0.25) is 0 Å². The lowest BCUT2D eigenvalue weighted by molar-refractivity contribution is 0.225. The molecule has 1 heteroatoms. The molecule has 0 saturated heterocycles. The first-order chi connectivity index (χ1) is 14.8. The molecule has 30 heavy (non-hydrogen) atoms. The van der Waals surface area contributed by atoms with E-state index in [0.29, 0.717) is 6.33 Å². The van der Waals surface area contributed by atoms with Crippen LogP contribution in [-0.4, -0.2) is 0 Å². The predicted molar refractivity (Wildman–Crippen MR) is 129 cm³/mol. The molecule has 1 aromatic carbocycles. The highest BCUT2D eigenvalue weighted by molar-refractivity contribution is 5.26. The van der Waals surface area contributed by atoms with E-state index in [4.69, 9.17) is 0 Å². The zero-order chi connectivity index (χ0) is 21.0. The zero-order valence-electron chi connectivity index (χ0n) is 19.5. The van der Waals surface area contributed by atoms with Gasteiger partial charge in [-0.15, -0.1) is 0 Å². The quantitative estimate of drug-likeness (QED) is 0.317. The number of allylic oxidation sites excluding steroid dienone is 1. The van der Waals surface area contributed by atoms with Crippen molar-refractivity contribution in [3.05, 3.63) is 47.8 Å². The SMILES string of the molecule is CCCCCc1ccc([C@H]2CC[C@H](CC[C@H]3CC[C@H](CCC=CF)CC3)CC2)cc1. The number of hydrogen-bond donors (Lipinski definition) is 0. The summed E-state index contributed by atoms with van der Waals surface area (Å²) in [4.78, 5) is 0. The Hall–Kier alpha value is -1.11. The molecule has 1 aromatic rings. The summed E-state index contributed by atoms with van der Waals surface area (Å²) in [6.45, 7) is 2.28. The Balaban J connectivity index is 1.30. The lowest BCUT2D eigenvalue weighted by atomic mass is 9.74. The number of unbranched alkanes of at least 4 members (excludes halogenated alkanes) is 2. The minimum absolute atomic E-state index is 0.712. The van der Waals surface area contributed by atoms with Gasteiger partial charge in [0.1, 0.15) is 0 Å². The second-order valence-electron chi connectivity index (χ2n) is 10.3. The largest absolute Gasteiger partial charge is 0.216 e. The third kappa shape index (κ3) is 7.86. The Morgan fingerprint density at radius 3 is 1.90 bits per heavy atom. The van der Waals surface area contributed by atoms with Gasteiger partial charge in [-0.25, -0.2) is 4.39 Å². The van der Waals surface area contributed by atoms with E-state index in [1.807, 2.05) is 0 Å². The minimum atomic E-state index is 0.712. The van der Waals surface area contributed by atoms with Gasteiger partial charge in [0.25, 0.3) is 0 Å². The van der Waals surface area contributed by atoms with Gasteiger partial charge >= 0.3 is 0 Å². The molecule has 0 aromatic heterocycles. The molecule has 0 bridgehead atoms. The van der Waals surface area contributed by atoms with Crippen molar-refractivity contribution in [1.29, 1.82) is 0 Å². The highest BCUT2D eigenvalue weighted by Gasteiger charge is 2.25. The van der Waals surface area contributed by atoms with Crippen molar-refractivity contribution in [2.45, 2.75) is 116 Å². The molecule has 0 atom stereocenters. The van der Waals surface area contributed by atoms with Crippen molar-refractivity contribution in [3.63, 3.8) is 0 Å². The van der Waals surface area contributed by atoms with Crippen molar-refractivity contribution < 1.29 is 4.39 Å². The summed E-state index contributed by atoms with van der Waals surface area (Å²) in [6.07, 6.45) is 23.9. The van der Waals surface area contributed by atoms with Crippen LogP contribution in [0, 0.1) is 17.8 Å². The monoisotopic (exact) mass is 412 g/mol. The smallest absolute Gasteiger partial charge is 0.0827 e. The summed E-state index contributed by atoms with van der Waals surface area (Å²) in [5.74, 6) is 3.60. The predicted octanol–water partition coefficient (Wildman–Crippen LogP) is 9.54. The fraction of sp³-hybridized carbons (Fsp3) is 0.724. The van der Waals surface area contributed by atoms with Crippen molar-refractivity contribution in [3.8, 4) is 0 Å². The molecule has 2 aliphatic carbocycles. The molecule has 0 N–H and O–H groups in total. The molecule has 0 heterocycles. The van der Waals surface area contributed by atoms with Gasteiger partial charge in [0.05, 0.1) is 6.33 Å². The molecule has 3 rings (SSSR count). The van der Waals surface area contributed by atoms with E-state index in [2.05, 4.69) is 31.2 Å². The van der Waals surface area contributed by atoms with E-state index in [1.165, 1.54) is 102 Å². The number of rotatable bonds is 11. The van der Waals surface area contributed by atoms with Crippen LogP contribution in [0.3, 0.4) is 0 Å². The van der Waals surface area contributed by atoms with Crippen LogP contribution in [0.25, 0.3) is 0 Å². The molecule has 2 saturated carbocycles. The second-order valence-corrected chi connectivity index (χ2v) is 10.3. The molecule has 0 amide bonds. The van der Waals surface area contributed by atoms with Crippen LogP contribution in [0.5, 0.6) is 0 Å². The molecule has 0 nitrogen and oxygen atoms in total. The number of benzene rings is 1. The molecule has 168 valence electrons. The summed E-state index contributed by atoms with van der Waals surface area (Å²) >= 11 is 0. The Labute approximate surface area is 185 Å². The highest BCUT2D eigenvalue weighted by atomic mass is 19.1. The van der Waals surface area contributed by atoms with Gasteiger partial charge < -0.3 is 0 Å². The molecule has 2 fully saturated rings. The van der Waals surface area contributed by atoms with Crippen LogP contribution in [0.2, 0.25) is 0 Å². The maximum atomic E-state index is 12.1. The fourth-order valence-electron chi connectivity index (χ4n) is 6.00. The van der Waals surface area contributed by atoms with Crippen LogP contribution < -0.4 is 0 Å². The van der Waals surface area contributed by atoms with Crippen molar-refractivity contribution in [2.24, 2.45) is 17.8 Å². The van der Waals surface area contributed by atoms with E-state index < -0.39 is 0 Å². The lowest BCUT2D eigenvalue weighted by Crippen LogP contribution is -2.17. The van der Waals surface area contributed by atoms with E-state index >= 15 is 0 Å². The maximum absolute atomic E-state index is 12.1. The average molecular weight is 413 g/mol. The van der Waals surface area contributed by atoms with Gasteiger partial charge in [-0.3, -0.25) is 0 Å². The standard InChI is InChI=1S/C29H45F/c1-2-3-4-7-25-15-19-28(20-16-25)29-21-17-27(18-22-29)14-13-26-11-9-24(10-12-26)8-5-6-23-30/h6,15-16,19-20,23-24,26-27,29H,2-5,7-14,17-18,21-22H2,1H3/t24-,26-,27-,29-. The summed E-state index contributed by atoms with van der Waals surface area (Å²) in [5, 5.41) is 0. The van der Waals surface area contributed by atoms with Crippen LogP contribution in [0.15, 0.2) is 36.7 Å². The van der Waals surface area contributed by atoms with Gasteiger partial charge in [-0.2, -0.15) is 0 Å². The van der Waals surface area contributed by atoms with E-state index in [9.17, 15) is 4.39 Å². The van der Waals surface area contributed by atoms with Crippen molar-refractivity contribution in [2.75, 3.05) is 0 Å². The summed E-state index contributed by atoms with van der Waals surface area (Å²) < 4.78 is 12.1.